The van der Waals surface area contributed by atoms with Crippen LogP contribution in [0.25, 0.3) is 0 Å². The van der Waals surface area contributed by atoms with Crippen LogP contribution in [0.5, 0.6) is 0 Å². The fraction of sp³-hybridized carbons (Fsp3) is 0.900. The topological polar surface area (TPSA) is 40.5 Å². The molecule has 1 rings (SSSR count). The zero-order valence-electron chi connectivity index (χ0n) is 9.48. The maximum absolute atomic E-state index is 9.77. The van der Waals surface area contributed by atoms with Gasteiger partial charge in [-0.1, -0.05) is 0 Å². The molecular weight excluding hydrogens is 194 g/mol. The van der Waals surface area contributed by atoms with Crippen LogP contribution in [-0.4, -0.2) is 56.1 Å². The first-order valence-electron chi connectivity index (χ1n) is 5.35. The van der Waals surface area contributed by atoms with E-state index in [1.165, 1.54) is 0 Å². The molecule has 0 heterocycles. The second-order valence-electron chi connectivity index (χ2n) is 5.40. The van der Waals surface area contributed by atoms with Gasteiger partial charge >= 0.3 is 0 Å². The van der Waals surface area contributed by atoms with Crippen molar-refractivity contribution in [3.05, 3.63) is 0 Å². The fourth-order valence-corrected chi connectivity index (χ4v) is 3.21. The Kier molecular flexibility index (Phi) is 3.91. The number of hydrogen-bond donors (Lipinski definition) is 2. The van der Waals surface area contributed by atoms with Crippen molar-refractivity contribution in [2.24, 2.45) is 5.92 Å². The van der Waals surface area contributed by atoms with Gasteiger partial charge < -0.3 is 10.2 Å². The molecule has 1 aliphatic carbocycles. The Morgan fingerprint density at radius 2 is 1.93 bits per heavy atom. The highest BCUT2D eigenvalue weighted by molar-refractivity contribution is 7.72. The van der Waals surface area contributed by atoms with Crippen molar-refractivity contribution in [1.82, 2.24) is 0 Å². The monoisotopic (exact) mass is 216 g/mol. The predicted octanol–water partition coefficient (Wildman–Crippen LogP) is 0.249. The minimum absolute atomic E-state index is 0.251. The van der Waals surface area contributed by atoms with Crippen LogP contribution in [0.2, 0.25) is 5.82 Å². The Morgan fingerprint density at radius 3 is 2.29 bits per heavy atom. The van der Waals surface area contributed by atoms with Crippen molar-refractivity contribution < 1.29 is 10.2 Å². The van der Waals surface area contributed by atoms with Crippen molar-refractivity contribution in [2.75, 3.05) is 19.5 Å². The van der Waals surface area contributed by atoms with Crippen LogP contribution in [0.3, 0.4) is 0 Å². The van der Waals surface area contributed by atoms with Crippen LogP contribution in [-0.2, 0) is 0 Å². The zero-order valence-corrected chi connectivity index (χ0v) is 10.4. The van der Waals surface area contributed by atoms with Gasteiger partial charge in [0.05, 0.1) is 12.2 Å². The maximum atomic E-state index is 9.77. The molecule has 0 aromatic carbocycles. The standard InChI is InChI=1S/C10H22BO2P/c1-14(2,3)5-4-7-6-8(11)10(13)9(7)12/h7-10,12-13H,1,4-6,11H2,2-3H3. The number of aliphatic hydroxyl groups excluding tert-OH is 2. The van der Waals surface area contributed by atoms with Crippen molar-refractivity contribution in [2.45, 2.75) is 30.9 Å². The van der Waals surface area contributed by atoms with Crippen LogP contribution in [0.1, 0.15) is 12.8 Å². The second kappa shape index (κ2) is 4.43. The van der Waals surface area contributed by atoms with Gasteiger partial charge in [0.1, 0.15) is 7.85 Å². The molecule has 0 saturated heterocycles. The highest BCUT2D eigenvalue weighted by Gasteiger charge is 2.38. The van der Waals surface area contributed by atoms with Crippen molar-refractivity contribution in [1.29, 1.82) is 0 Å². The molecule has 4 unspecified atom stereocenters. The van der Waals surface area contributed by atoms with Gasteiger partial charge in [-0.05, 0) is 44.1 Å². The van der Waals surface area contributed by atoms with Gasteiger partial charge in [0.25, 0.3) is 0 Å². The molecule has 4 atom stereocenters. The molecule has 0 aromatic rings. The van der Waals surface area contributed by atoms with E-state index in [0.717, 1.165) is 19.0 Å². The van der Waals surface area contributed by atoms with Crippen LogP contribution >= 0.6 is 6.89 Å². The molecular formula is C10H22BO2P. The third kappa shape index (κ3) is 3.15. The van der Waals surface area contributed by atoms with Crippen molar-refractivity contribution in [3.8, 4) is 0 Å². The van der Waals surface area contributed by atoms with E-state index in [2.05, 4.69) is 19.6 Å². The molecule has 1 aliphatic rings. The Morgan fingerprint density at radius 1 is 1.36 bits per heavy atom. The Hall–Kier alpha value is 0.285. The number of rotatable bonds is 3. The summed E-state index contributed by atoms with van der Waals surface area (Å²) >= 11 is 0. The molecule has 14 heavy (non-hydrogen) atoms. The van der Waals surface area contributed by atoms with Crippen molar-refractivity contribution >= 4 is 21.0 Å². The van der Waals surface area contributed by atoms with Crippen LogP contribution in [0.4, 0.5) is 0 Å². The van der Waals surface area contributed by atoms with Gasteiger partial charge in [-0.25, -0.2) is 0 Å². The average Bonchev–Trinajstić information content (AvgIpc) is 2.28. The largest absolute Gasteiger partial charge is 0.391 e. The summed E-state index contributed by atoms with van der Waals surface area (Å²) in [6.45, 7) is 3.46. The molecule has 2 nitrogen and oxygen atoms in total. The van der Waals surface area contributed by atoms with Crippen LogP contribution < -0.4 is 0 Å². The summed E-state index contributed by atoms with van der Waals surface area (Å²) in [5.74, 6) is 0.544. The Labute approximate surface area is 88.1 Å². The Bertz CT molecular complexity index is 238. The Balaban J connectivity index is 2.44. The summed E-state index contributed by atoms with van der Waals surface area (Å²) in [5.41, 5.74) is 0. The molecule has 1 saturated carbocycles. The minimum Gasteiger partial charge on any atom is -0.391 e. The van der Waals surface area contributed by atoms with E-state index >= 15 is 0 Å². The van der Waals surface area contributed by atoms with Gasteiger partial charge in [0.15, 0.2) is 0 Å². The fourth-order valence-electron chi connectivity index (χ4n) is 2.18. The van der Waals surface area contributed by atoms with Crippen LogP contribution in [0, 0.1) is 5.92 Å². The average molecular weight is 216 g/mol. The lowest BCUT2D eigenvalue weighted by Gasteiger charge is -2.19. The normalized spacial score (nSPS) is 38.9. The summed E-state index contributed by atoms with van der Waals surface area (Å²) in [7, 11) is 2.01. The summed E-state index contributed by atoms with van der Waals surface area (Å²) in [6, 6.07) is 0. The van der Waals surface area contributed by atoms with Gasteiger partial charge in [-0.15, -0.1) is 13.2 Å². The summed E-state index contributed by atoms with van der Waals surface area (Å²) in [4.78, 5) is 0. The third-order valence-electron chi connectivity index (χ3n) is 3.20. The van der Waals surface area contributed by atoms with E-state index in [9.17, 15) is 10.2 Å². The number of hydrogen-bond acceptors (Lipinski definition) is 2. The highest BCUT2D eigenvalue weighted by atomic mass is 31.2. The van der Waals surface area contributed by atoms with E-state index in [0.29, 0.717) is 5.92 Å². The molecule has 0 amide bonds. The van der Waals surface area contributed by atoms with E-state index in [1.54, 1.807) is 0 Å². The van der Waals surface area contributed by atoms with Crippen LogP contribution in [0.15, 0.2) is 0 Å². The third-order valence-corrected chi connectivity index (χ3v) is 4.66. The molecule has 0 radical (unpaired) electrons. The first-order valence-corrected chi connectivity index (χ1v) is 8.40. The number of aliphatic hydroxyl groups is 2. The van der Waals surface area contributed by atoms with Crippen molar-refractivity contribution in [3.63, 3.8) is 0 Å². The molecule has 4 heteroatoms. The molecule has 1 fully saturated rings. The molecule has 2 N–H and O–H groups in total. The van der Waals surface area contributed by atoms with Gasteiger partial charge in [-0.3, -0.25) is 0 Å². The van der Waals surface area contributed by atoms with Gasteiger partial charge in [-0.2, -0.15) is 0 Å². The minimum atomic E-state index is -0.977. The lowest BCUT2D eigenvalue weighted by molar-refractivity contribution is 0.0204. The molecule has 0 spiro atoms. The highest BCUT2D eigenvalue weighted by Crippen LogP contribution is 2.42. The predicted molar refractivity (Wildman–Crippen MR) is 67.8 cm³/mol. The summed E-state index contributed by atoms with van der Waals surface area (Å²) in [6.07, 6.45) is 6.25. The van der Waals surface area contributed by atoms with E-state index in [1.807, 2.05) is 7.85 Å². The van der Waals surface area contributed by atoms with E-state index in [-0.39, 0.29) is 5.82 Å². The second-order valence-corrected chi connectivity index (χ2v) is 9.72. The molecule has 0 aromatic heterocycles. The summed E-state index contributed by atoms with van der Waals surface area (Å²) < 4.78 is 0. The first-order chi connectivity index (χ1) is 6.31. The lowest BCUT2D eigenvalue weighted by atomic mass is 9.83. The first kappa shape index (κ1) is 12.4. The molecule has 82 valence electrons. The molecule has 0 bridgehead atoms. The zero-order chi connectivity index (χ0) is 10.9. The van der Waals surface area contributed by atoms with E-state index < -0.39 is 19.1 Å². The van der Waals surface area contributed by atoms with Gasteiger partial charge in [0.2, 0.25) is 0 Å². The lowest BCUT2D eigenvalue weighted by Crippen LogP contribution is -2.27. The smallest absolute Gasteiger partial charge is 0.108 e. The SMILES string of the molecule is BC1CC(CCP(=C)(C)C)C(O)C1O. The maximum Gasteiger partial charge on any atom is 0.108 e. The summed E-state index contributed by atoms with van der Waals surface area (Å²) in [5, 5.41) is 19.4. The quantitative estimate of drug-likeness (QED) is 0.524. The molecule has 0 aliphatic heterocycles. The van der Waals surface area contributed by atoms with Gasteiger partial charge in [0, 0.05) is 0 Å². The van der Waals surface area contributed by atoms with E-state index in [4.69, 9.17) is 0 Å².